The molecule has 0 bridgehead atoms. The van der Waals surface area contributed by atoms with Gasteiger partial charge in [-0.05, 0) is 35.4 Å². The van der Waals surface area contributed by atoms with Crippen molar-refractivity contribution in [3.63, 3.8) is 0 Å². The first-order valence-corrected chi connectivity index (χ1v) is 9.33. The largest absolute Gasteiger partial charge is 0.463 e. The maximum Gasteiger partial charge on any atom is 0.291 e. The standard InChI is InChI=1S/C21H21ClN2O2.HNO3/c1-21(2,3)19(25)20(24-13-12-23-14-24)26-18-10-6-16(7-11-18)15-4-8-17(22)9-5-15;2-1(3)4/h4-14,20H,1-3H3;(H,2,3,4). The van der Waals surface area contributed by atoms with Gasteiger partial charge in [0.2, 0.25) is 6.23 Å². The van der Waals surface area contributed by atoms with E-state index in [-0.39, 0.29) is 5.78 Å². The van der Waals surface area contributed by atoms with Gasteiger partial charge in [-0.15, -0.1) is 10.1 Å². The van der Waals surface area contributed by atoms with Gasteiger partial charge < -0.3 is 9.94 Å². The quantitative estimate of drug-likeness (QED) is 0.447. The lowest BCUT2D eigenvalue weighted by atomic mass is 9.89. The molecule has 0 saturated heterocycles. The van der Waals surface area contributed by atoms with Gasteiger partial charge in [0.15, 0.2) is 5.78 Å². The summed E-state index contributed by atoms with van der Waals surface area (Å²) >= 11 is 5.94. The Kier molecular flexibility index (Phi) is 7.54. The van der Waals surface area contributed by atoms with Crippen LogP contribution in [-0.2, 0) is 4.79 Å². The second kappa shape index (κ2) is 9.89. The number of ketones is 1. The minimum Gasteiger partial charge on any atom is -0.463 e. The zero-order valence-electron chi connectivity index (χ0n) is 16.7. The lowest BCUT2D eigenvalue weighted by Crippen LogP contribution is -2.33. The average molecular weight is 432 g/mol. The van der Waals surface area contributed by atoms with E-state index < -0.39 is 16.7 Å². The summed E-state index contributed by atoms with van der Waals surface area (Å²) in [7, 11) is 0. The van der Waals surface area contributed by atoms with Crippen LogP contribution in [-0.4, -0.2) is 25.6 Å². The number of carbonyl (C=O) groups excluding carboxylic acids is 1. The molecular weight excluding hydrogens is 410 g/mol. The van der Waals surface area contributed by atoms with Crippen LogP contribution >= 0.6 is 11.6 Å². The van der Waals surface area contributed by atoms with E-state index >= 15 is 0 Å². The molecule has 0 spiro atoms. The highest BCUT2D eigenvalue weighted by Crippen LogP contribution is 2.29. The normalized spacial score (nSPS) is 11.7. The lowest BCUT2D eigenvalue weighted by Gasteiger charge is -2.26. The molecule has 0 aliphatic carbocycles. The van der Waals surface area contributed by atoms with Crippen molar-refractivity contribution in [2.45, 2.75) is 27.0 Å². The highest BCUT2D eigenvalue weighted by molar-refractivity contribution is 6.30. The average Bonchev–Trinajstić information content (AvgIpc) is 3.20. The van der Waals surface area contributed by atoms with Crippen LogP contribution in [0.5, 0.6) is 5.75 Å². The highest BCUT2D eigenvalue weighted by atomic mass is 35.5. The zero-order chi connectivity index (χ0) is 22.3. The van der Waals surface area contributed by atoms with Gasteiger partial charge in [0.1, 0.15) is 5.75 Å². The van der Waals surface area contributed by atoms with E-state index in [9.17, 15) is 4.79 Å². The van der Waals surface area contributed by atoms with E-state index in [4.69, 9.17) is 31.7 Å². The molecule has 3 aromatic rings. The molecule has 2 aromatic carbocycles. The number of nitrogens with zero attached hydrogens (tertiary/aromatic N) is 3. The molecule has 0 aliphatic heterocycles. The monoisotopic (exact) mass is 431 g/mol. The summed E-state index contributed by atoms with van der Waals surface area (Å²) in [6, 6.07) is 15.3. The number of Topliss-reactive ketones (excluding diaryl/α,β-unsaturated/α-hetero) is 1. The van der Waals surface area contributed by atoms with Gasteiger partial charge in [-0.3, -0.25) is 9.36 Å². The van der Waals surface area contributed by atoms with E-state index in [0.717, 1.165) is 11.1 Å². The molecule has 3 rings (SSSR count). The number of carbonyl (C=O) groups is 1. The summed E-state index contributed by atoms with van der Waals surface area (Å²) in [6.45, 7) is 5.64. The molecule has 0 saturated carbocycles. The first-order chi connectivity index (χ1) is 14.1. The lowest BCUT2D eigenvalue weighted by molar-refractivity contribution is -0.742. The molecule has 30 heavy (non-hydrogen) atoms. The number of hydrogen-bond donors (Lipinski definition) is 1. The van der Waals surface area contributed by atoms with Crippen molar-refractivity contribution in [1.82, 2.24) is 9.55 Å². The van der Waals surface area contributed by atoms with Crippen molar-refractivity contribution in [2.24, 2.45) is 5.41 Å². The van der Waals surface area contributed by atoms with Crippen LogP contribution in [0.2, 0.25) is 5.02 Å². The van der Waals surface area contributed by atoms with E-state index in [2.05, 4.69) is 4.98 Å². The summed E-state index contributed by atoms with van der Waals surface area (Å²) in [6.07, 6.45) is 4.21. The molecule has 8 nitrogen and oxygen atoms in total. The fourth-order valence-corrected chi connectivity index (χ4v) is 2.65. The molecular formula is C21H22ClN3O5. The predicted molar refractivity (Wildman–Crippen MR) is 112 cm³/mol. The zero-order valence-corrected chi connectivity index (χ0v) is 17.5. The fourth-order valence-electron chi connectivity index (χ4n) is 2.53. The van der Waals surface area contributed by atoms with Gasteiger partial charge in [-0.2, -0.15) is 0 Å². The first kappa shape index (κ1) is 22.9. The molecule has 1 heterocycles. The third-order valence-corrected chi connectivity index (χ3v) is 4.29. The molecule has 0 aliphatic rings. The van der Waals surface area contributed by atoms with E-state index in [1.165, 1.54) is 0 Å². The Bertz CT molecular complexity index is 961. The summed E-state index contributed by atoms with van der Waals surface area (Å²) in [5.41, 5.74) is 1.59. The Morgan fingerprint density at radius 3 is 2.07 bits per heavy atom. The SMILES string of the molecule is CC(C)(C)C(=O)C(Oc1ccc(-c2ccc(Cl)cc2)cc1)n1ccnc1.O=[N+]([O-])O. The Balaban J connectivity index is 0.000000735. The molecule has 1 atom stereocenters. The number of imidazole rings is 1. The van der Waals surface area contributed by atoms with Crippen LogP contribution in [0.1, 0.15) is 27.0 Å². The number of aromatic nitrogens is 2. The molecule has 0 amide bonds. The fraction of sp³-hybridized carbons (Fsp3) is 0.238. The number of rotatable bonds is 5. The first-order valence-electron chi connectivity index (χ1n) is 8.95. The van der Waals surface area contributed by atoms with Crippen LogP contribution in [0.4, 0.5) is 0 Å². The van der Waals surface area contributed by atoms with Crippen molar-refractivity contribution in [3.8, 4) is 16.9 Å². The molecule has 0 fully saturated rings. The summed E-state index contributed by atoms with van der Waals surface area (Å²) in [5.74, 6) is 0.608. The van der Waals surface area contributed by atoms with Crippen LogP contribution in [0, 0.1) is 15.5 Å². The number of hydrogen-bond acceptors (Lipinski definition) is 5. The van der Waals surface area contributed by atoms with Crippen molar-refractivity contribution < 1.29 is 19.8 Å². The van der Waals surface area contributed by atoms with Gasteiger partial charge >= 0.3 is 0 Å². The number of ether oxygens (including phenoxy) is 1. The summed E-state index contributed by atoms with van der Waals surface area (Å²) in [4.78, 5) is 25.2. The minimum atomic E-state index is -1.50. The van der Waals surface area contributed by atoms with Gasteiger partial charge in [-0.25, -0.2) is 4.98 Å². The highest BCUT2D eigenvalue weighted by Gasteiger charge is 2.32. The van der Waals surface area contributed by atoms with Crippen LogP contribution in [0.25, 0.3) is 11.1 Å². The Hall–Kier alpha value is -3.39. The number of benzene rings is 2. The Labute approximate surface area is 178 Å². The molecule has 1 aromatic heterocycles. The summed E-state index contributed by atoms with van der Waals surface area (Å²) < 4.78 is 7.69. The molecule has 1 N–H and O–H groups in total. The maximum atomic E-state index is 12.8. The van der Waals surface area contributed by atoms with Gasteiger partial charge in [0.05, 0.1) is 6.33 Å². The maximum absolute atomic E-state index is 12.8. The van der Waals surface area contributed by atoms with E-state index in [0.29, 0.717) is 10.8 Å². The minimum absolute atomic E-state index is 0.0164. The second-order valence-electron chi connectivity index (χ2n) is 7.36. The topological polar surface area (TPSA) is 107 Å². The molecule has 0 radical (unpaired) electrons. The van der Waals surface area contributed by atoms with Crippen molar-refractivity contribution in [1.29, 1.82) is 0 Å². The molecule has 1 unspecified atom stereocenters. The smallest absolute Gasteiger partial charge is 0.291 e. The van der Waals surface area contributed by atoms with Crippen LogP contribution in [0.3, 0.4) is 0 Å². The second-order valence-corrected chi connectivity index (χ2v) is 7.80. The summed E-state index contributed by atoms with van der Waals surface area (Å²) in [5, 5.41) is 14.3. The van der Waals surface area contributed by atoms with Crippen LogP contribution in [0.15, 0.2) is 67.3 Å². The van der Waals surface area contributed by atoms with Crippen molar-refractivity contribution in [3.05, 3.63) is 82.4 Å². The van der Waals surface area contributed by atoms with E-state index in [1.54, 1.807) is 23.3 Å². The predicted octanol–water partition coefficient (Wildman–Crippen LogP) is 5.05. The van der Waals surface area contributed by atoms with Gasteiger partial charge in [0.25, 0.3) is 5.09 Å². The number of halogens is 1. The Morgan fingerprint density at radius 1 is 1.13 bits per heavy atom. The third kappa shape index (κ3) is 6.59. The van der Waals surface area contributed by atoms with E-state index in [1.807, 2.05) is 69.3 Å². The van der Waals surface area contributed by atoms with Crippen molar-refractivity contribution >= 4 is 17.4 Å². The Morgan fingerprint density at radius 2 is 1.63 bits per heavy atom. The molecule has 158 valence electrons. The van der Waals surface area contributed by atoms with Gasteiger partial charge in [-0.1, -0.05) is 56.6 Å². The molecule has 9 heteroatoms. The van der Waals surface area contributed by atoms with Crippen molar-refractivity contribution in [2.75, 3.05) is 0 Å². The third-order valence-electron chi connectivity index (χ3n) is 4.04. The van der Waals surface area contributed by atoms with Gasteiger partial charge in [0, 0.05) is 22.8 Å². The van der Waals surface area contributed by atoms with Crippen LogP contribution < -0.4 is 4.74 Å².